The van der Waals surface area contributed by atoms with E-state index in [1.165, 1.54) is 5.56 Å². The zero-order valence-corrected chi connectivity index (χ0v) is 14.4. The zero-order valence-electron chi connectivity index (χ0n) is 14.4. The number of hydrogen-bond donors (Lipinski definition) is 0. The lowest BCUT2D eigenvalue weighted by Gasteiger charge is -2.20. The molecule has 2 aromatic carbocycles. The van der Waals surface area contributed by atoms with E-state index in [2.05, 4.69) is 57.2 Å². The number of nitrogens with zero attached hydrogens (tertiary/aromatic N) is 4. The summed E-state index contributed by atoms with van der Waals surface area (Å²) >= 11 is 0. The first-order valence-electron chi connectivity index (χ1n) is 8.38. The maximum atomic E-state index is 5.85. The van der Waals surface area contributed by atoms with Gasteiger partial charge < -0.3 is 9.64 Å². The van der Waals surface area contributed by atoms with Gasteiger partial charge in [0.15, 0.2) is 0 Å². The van der Waals surface area contributed by atoms with Gasteiger partial charge in [0.1, 0.15) is 5.75 Å². The molecule has 128 valence electrons. The number of ether oxygens (including phenoxy) is 1. The fourth-order valence-corrected chi connectivity index (χ4v) is 2.74. The topological polar surface area (TPSA) is 51.1 Å². The number of hydrogen-bond acceptors (Lipinski definition) is 5. The molecule has 2 heterocycles. The monoisotopic (exact) mass is 342 g/mol. The van der Waals surface area contributed by atoms with Gasteiger partial charge in [-0.05, 0) is 23.8 Å². The van der Waals surface area contributed by atoms with E-state index in [-0.39, 0.29) is 0 Å². The van der Waals surface area contributed by atoms with Gasteiger partial charge in [0, 0.05) is 43.1 Å². The second-order valence-corrected chi connectivity index (χ2v) is 6.03. The highest BCUT2D eigenvalue weighted by Crippen LogP contribution is 2.25. The van der Waals surface area contributed by atoms with Gasteiger partial charge >= 0.3 is 6.01 Å². The van der Waals surface area contributed by atoms with Gasteiger partial charge in [-0.25, -0.2) is 4.98 Å². The van der Waals surface area contributed by atoms with Gasteiger partial charge in [-0.3, -0.25) is 4.98 Å². The van der Waals surface area contributed by atoms with Crippen LogP contribution in [0.1, 0.15) is 5.56 Å². The zero-order chi connectivity index (χ0) is 17.8. The maximum Gasteiger partial charge on any atom is 0.322 e. The van der Waals surface area contributed by atoms with Crippen molar-refractivity contribution in [2.45, 2.75) is 6.54 Å². The van der Waals surface area contributed by atoms with Crippen molar-refractivity contribution in [3.05, 3.63) is 84.8 Å². The van der Waals surface area contributed by atoms with E-state index in [9.17, 15) is 0 Å². The average Bonchev–Trinajstić information content (AvgIpc) is 2.69. The molecule has 0 bridgehead atoms. The third-order valence-electron chi connectivity index (χ3n) is 4.09. The Balaban J connectivity index is 1.53. The summed E-state index contributed by atoms with van der Waals surface area (Å²) in [6.07, 6.45) is 5.16. The maximum absolute atomic E-state index is 5.85. The van der Waals surface area contributed by atoms with E-state index in [1.54, 1.807) is 18.6 Å². The summed E-state index contributed by atoms with van der Waals surface area (Å²) in [6, 6.07) is 20.5. The minimum atomic E-state index is 0.313. The van der Waals surface area contributed by atoms with Gasteiger partial charge in [-0.15, -0.1) is 0 Å². The molecule has 0 amide bonds. The van der Waals surface area contributed by atoms with Gasteiger partial charge in [-0.1, -0.05) is 36.4 Å². The van der Waals surface area contributed by atoms with Crippen molar-refractivity contribution in [1.82, 2.24) is 15.0 Å². The molecule has 26 heavy (non-hydrogen) atoms. The molecule has 5 nitrogen and oxygen atoms in total. The smallest absolute Gasteiger partial charge is 0.322 e. The Bertz CT molecular complexity index is 1020. The van der Waals surface area contributed by atoms with E-state index in [0.717, 1.165) is 23.1 Å². The third kappa shape index (κ3) is 3.62. The summed E-state index contributed by atoms with van der Waals surface area (Å²) in [6.45, 7) is 0.822. The molecule has 0 spiro atoms. The van der Waals surface area contributed by atoms with Crippen LogP contribution in [0.4, 0.5) is 5.69 Å². The minimum absolute atomic E-state index is 0.313. The molecule has 0 fully saturated rings. The largest absolute Gasteiger partial charge is 0.424 e. The van der Waals surface area contributed by atoms with Crippen molar-refractivity contribution in [2.75, 3.05) is 11.9 Å². The van der Waals surface area contributed by atoms with Crippen LogP contribution in [-0.2, 0) is 6.54 Å². The summed E-state index contributed by atoms with van der Waals surface area (Å²) in [4.78, 5) is 14.9. The normalized spacial score (nSPS) is 10.7. The Labute approximate surface area is 151 Å². The van der Waals surface area contributed by atoms with Crippen molar-refractivity contribution >= 4 is 16.6 Å². The highest BCUT2D eigenvalue weighted by atomic mass is 16.5. The van der Waals surface area contributed by atoms with Crippen LogP contribution in [0.2, 0.25) is 0 Å². The van der Waals surface area contributed by atoms with E-state index in [1.807, 2.05) is 30.3 Å². The standard InChI is InChI=1S/C21H18N4O/c1-25(15-16-6-3-2-4-7-16)18-8-5-9-19(12-18)26-21-23-13-17-10-11-22-14-20(17)24-21/h2-14H,15H2,1H3. The van der Waals surface area contributed by atoms with Crippen LogP contribution in [0.3, 0.4) is 0 Å². The molecular formula is C21H18N4O. The van der Waals surface area contributed by atoms with Crippen molar-refractivity contribution in [3.8, 4) is 11.8 Å². The van der Waals surface area contributed by atoms with Gasteiger partial charge in [0.25, 0.3) is 0 Å². The molecular weight excluding hydrogens is 324 g/mol. The fraction of sp³-hybridized carbons (Fsp3) is 0.0952. The van der Waals surface area contributed by atoms with Crippen LogP contribution in [-0.4, -0.2) is 22.0 Å². The van der Waals surface area contributed by atoms with E-state index in [4.69, 9.17) is 4.74 Å². The SMILES string of the molecule is CN(Cc1ccccc1)c1cccc(Oc2ncc3ccncc3n2)c1. The molecule has 0 unspecified atom stereocenters. The van der Waals surface area contributed by atoms with E-state index < -0.39 is 0 Å². The van der Waals surface area contributed by atoms with Crippen LogP contribution in [0.15, 0.2) is 79.3 Å². The lowest BCUT2D eigenvalue weighted by atomic mass is 10.2. The molecule has 0 aliphatic heterocycles. The predicted octanol–water partition coefficient (Wildman–Crippen LogP) is 4.45. The number of aromatic nitrogens is 3. The molecule has 4 aromatic rings. The van der Waals surface area contributed by atoms with E-state index >= 15 is 0 Å². The summed E-state index contributed by atoms with van der Waals surface area (Å²) < 4.78 is 5.85. The molecule has 2 aromatic heterocycles. The van der Waals surface area contributed by atoms with Crippen molar-refractivity contribution in [3.63, 3.8) is 0 Å². The molecule has 0 N–H and O–H groups in total. The second kappa shape index (κ2) is 7.19. The van der Waals surface area contributed by atoms with Crippen LogP contribution in [0.25, 0.3) is 10.9 Å². The average molecular weight is 342 g/mol. The molecule has 0 aliphatic carbocycles. The summed E-state index contributed by atoms with van der Waals surface area (Å²) in [5, 5.41) is 0.934. The first-order valence-corrected chi connectivity index (χ1v) is 8.38. The van der Waals surface area contributed by atoms with Crippen molar-refractivity contribution in [2.24, 2.45) is 0 Å². The van der Waals surface area contributed by atoms with Crippen LogP contribution in [0, 0.1) is 0 Å². The summed E-state index contributed by atoms with van der Waals surface area (Å²) in [7, 11) is 2.06. The number of pyridine rings is 1. The minimum Gasteiger partial charge on any atom is -0.424 e. The summed E-state index contributed by atoms with van der Waals surface area (Å²) in [5.41, 5.74) is 3.08. The highest BCUT2D eigenvalue weighted by Gasteiger charge is 2.06. The second-order valence-electron chi connectivity index (χ2n) is 6.03. The number of rotatable bonds is 5. The molecule has 0 aliphatic rings. The molecule has 0 radical (unpaired) electrons. The number of fused-ring (bicyclic) bond motifs is 1. The molecule has 0 saturated carbocycles. The summed E-state index contributed by atoms with van der Waals surface area (Å²) in [5.74, 6) is 0.700. The van der Waals surface area contributed by atoms with Gasteiger partial charge in [0.05, 0.1) is 11.7 Å². The highest BCUT2D eigenvalue weighted by molar-refractivity contribution is 5.76. The quantitative estimate of drug-likeness (QED) is 0.536. The van der Waals surface area contributed by atoms with Gasteiger partial charge in [0.2, 0.25) is 0 Å². The first kappa shape index (κ1) is 16.0. The molecule has 4 rings (SSSR count). The Morgan fingerprint density at radius 1 is 0.962 bits per heavy atom. The number of anilines is 1. The number of benzene rings is 2. The van der Waals surface area contributed by atoms with Crippen LogP contribution >= 0.6 is 0 Å². The van der Waals surface area contributed by atoms with Crippen molar-refractivity contribution in [1.29, 1.82) is 0 Å². The Hall–Kier alpha value is -3.47. The molecule has 0 saturated heterocycles. The van der Waals surface area contributed by atoms with Crippen molar-refractivity contribution < 1.29 is 4.74 Å². The Kier molecular flexibility index (Phi) is 4.43. The van der Waals surface area contributed by atoms with Crippen LogP contribution in [0.5, 0.6) is 11.8 Å². The fourth-order valence-electron chi connectivity index (χ4n) is 2.74. The molecule has 0 atom stereocenters. The first-order chi connectivity index (χ1) is 12.8. The van der Waals surface area contributed by atoms with Crippen LogP contribution < -0.4 is 9.64 Å². The lowest BCUT2D eigenvalue weighted by molar-refractivity contribution is 0.444. The third-order valence-corrected chi connectivity index (χ3v) is 4.09. The van der Waals surface area contributed by atoms with E-state index in [0.29, 0.717) is 11.8 Å². The lowest BCUT2D eigenvalue weighted by Crippen LogP contribution is -2.16. The predicted molar refractivity (Wildman–Crippen MR) is 102 cm³/mol. The Morgan fingerprint density at radius 2 is 1.85 bits per heavy atom. The Morgan fingerprint density at radius 3 is 2.73 bits per heavy atom. The molecule has 5 heteroatoms. The van der Waals surface area contributed by atoms with Gasteiger partial charge in [-0.2, -0.15) is 4.98 Å².